The molecule has 0 atom stereocenters. The highest BCUT2D eigenvalue weighted by molar-refractivity contribution is 5.92. The highest BCUT2D eigenvalue weighted by atomic mass is 16.5. The van der Waals surface area contributed by atoms with E-state index in [0.717, 1.165) is 17.3 Å². The third-order valence-electron chi connectivity index (χ3n) is 2.56. The number of nitrogens with zero attached hydrogens (tertiary/aromatic N) is 4. The maximum Gasteiger partial charge on any atom is 0.193 e. The fourth-order valence-electron chi connectivity index (χ4n) is 1.47. The van der Waals surface area contributed by atoms with Gasteiger partial charge < -0.3 is 20.4 Å². The van der Waals surface area contributed by atoms with E-state index >= 15 is 0 Å². The molecule has 0 amide bonds. The monoisotopic (exact) mass is 260 g/mol. The van der Waals surface area contributed by atoms with Crippen LogP contribution in [-0.4, -0.2) is 27.8 Å². The Morgan fingerprint density at radius 3 is 2.74 bits per heavy atom. The number of guanidine groups is 1. The number of ether oxygens (including phenoxy) is 1. The Morgan fingerprint density at radius 1 is 1.42 bits per heavy atom. The van der Waals surface area contributed by atoms with Crippen LogP contribution in [0.4, 0.5) is 5.69 Å². The molecule has 7 heteroatoms. The van der Waals surface area contributed by atoms with Gasteiger partial charge in [0.05, 0.1) is 7.11 Å². The number of rotatable bonds is 4. The molecule has 0 bridgehead atoms. The molecule has 1 aromatic carbocycles. The molecule has 3 N–H and O–H groups in total. The number of anilines is 1. The predicted molar refractivity (Wildman–Crippen MR) is 72.9 cm³/mol. The lowest BCUT2D eigenvalue weighted by Gasteiger charge is -2.06. The van der Waals surface area contributed by atoms with Gasteiger partial charge >= 0.3 is 0 Å². The number of nitrogens with one attached hydrogen (secondary N) is 1. The van der Waals surface area contributed by atoms with Gasteiger partial charge in [-0.25, -0.2) is 4.99 Å². The first-order valence-electron chi connectivity index (χ1n) is 5.73. The fourth-order valence-corrected chi connectivity index (χ4v) is 1.47. The van der Waals surface area contributed by atoms with Crippen LogP contribution >= 0.6 is 0 Å². The van der Waals surface area contributed by atoms with Crippen molar-refractivity contribution in [3.63, 3.8) is 0 Å². The van der Waals surface area contributed by atoms with E-state index < -0.39 is 0 Å². The minimum Gasteiger partial charge on any atom is -0.497 e. The number of hydrogen-bond acceptors (Lipinski definition) is 4. The molecule has 0 aliphatic carbocycles. The summed E-state index contributed by atoms with van der Waals surface area (Å²) < 4.78 is 6.87. The predicted octanol–water partition coefficient (Wildman–Crippen LogP) is 0.750. The quantitative estimate of drug-likeness (QED) is 0.625. The minimum atomic E-state index is 0.327. The topological polar surface area (TPSA) is 90.3 Å². The van der Waals surface area contributed by atoms with Crippen molar-refractivity contribution in [3.05, 3.63) is 36.4 Å². The summed E-state index contributed by atoms with van der Waals surface area (Å²) in [6, 6.07) is 7.42. The molecule has 100 valence electrons. The van der Waals surface area contributed by atoms with Crippen molar-refractivity contribution in [3.8, 4) is 5.75 Å². The molecule has 2 rings (SSSR count). The zero-order chi connectivity index (χ0) is 13.7. The third-order valence-corrected chi connectivity index (χ3v) is 2.56. The van der Waals surface area contributed by atoms with Crippen LogP contribution in [0.25, 0.3) is 0 Å². The fraction of sp³-hybridized carbons (Fsp3) is 0.250. The molecule has 0 saturated carbocycles. The molecule has 0 aliphatic rings. The second kappa shape index (κ2) is 5.85. The van der Waals surface area contributed by atoms with Gasteiger partial charge in [-0.15, -0.1) is 10.2 Å². The zero-order valence-corrected chi connectivity index (χ0v) is 10.9. The average molecular weight is 260 g/mol. The van der Waals surface area contributed by atoms with Crippen LogP contribution in [0.3, 0.4) is 0 Å². The van der Waals surface area contributed by atoms with Gasteiger partial charge in [-0.3, -0.25) is 0 Å². The summed E-state index contributed by atoms with van der Waals surface area (Å²) in [5.74, 6) is 1.87. The summed E-state index contributed by atoms with van der Waals surface area (Å²) in [4.78, 5) is 4.19. The van der Waals surface area contributed by atoms with Crippen molar-refractivity contribution >= 4 is 11.6 Å². The summed E-state index contributed by atoms with van der Waals surface area (Å²) in [6.45, 7) is 0.380. The number of aliphatic imine (C=N–C) groups is 1. The van der Waals surface area contributed by atoms with E-state index in [2.05, 4.69) is 20.5 Å². The van der Waals surface area contributed by atoms with E-state index in [9.17, 15) is 0 Å². The molecule has 2 aromatic rings. The molecule has 0 fully saturated rings. The molecule has 0 saturated heterocycles. The van der Waals surface area contributed by atoms with E-state index in [1.54, 1.807) is 18.0 Å². The van der Waals surface area contributed by atoms with Gasteiger partial charge in [-0.05, 0) is 24.3 Å². The smallest absolute Gasteiger partial charge is 0.193 e. The van der Waals surface area contributed by atoms with Gasteiger partial charge in [-0.2, -0.15) is 0 Å². The molecule has 1 aromatic heterocycles. The zero-order valence-electron chi connectivity index (χ0n) is 10.9. The number of methoxy groups -OCH3 is 1. The largest absolute Gasteiger partial charge is 0.497 e. The molecule has 0 aliphatic heterocycles. The van der Waals surface area contributed by atoms with Gasteiger partial charge in [0.15, 0.2) is 11.8 Å². The standard InChI is InChI=1S/C12H16N6O/c1-18-8-15-17-11(18)7-14-12(13)16-9-3-5-10(19-2)6-4-9/h3-6,8H,7H2,1-2H3,(H3,13,14,16). The van der Waals surface area contributed by atoms with Gasteiger partial charge in [0.1, 0.15) is 18.6 Å². The summed E-state index contributed by atoms with van der Waals surface area (Å²) in [6.07, 6.45) is 1.62. The second-order valence-corrected chi connectivity index (χ2v) is 3.91. The third kappa shape index (κ3) is 3.44. The molecule has 0 radical (unpaired) electrons. The lowest BCUT2D eigenvalue weighted by molar-refractivity contribution is 0.415. The van der Waals surface area contributed by atoms with Crippen LogP contribution in [0, 0.1) is 0 Å². The number of nitrogens with two attached hydrogens (primary N) is 1. The van der Waals surface area contributed by atoms with E-state index in [1.807, 2.05) is 31.3 Å². The highest BCUT2D eigenvalue weighted by Gasteiger charge is 2.00. The summed E-state index contributed by atoms with van der Waals surface area (Å²) in [5, 5.41) is 10.7. The van der Waals surface area contributed by atoms with Crippen LogP contribution in [0.5, 0.6) is 5.75 Å². The number of benzene rings is 1. The van der Waals surface area contributed by atoms with Gasteiger partial charge in [0, 0.05) is 12.7 Å². The van der Waals surface area contributed by atoms with Crippen molar-refractivity contribution in [1.29, 1.82) is 0 Å². The lowest BCUT2D eigenvalue weighted by Crippen LogP contribution is -2.22. The first kappa shape index (κ1) is 12.9. The van der Waals surface area contributed by atoms with E-state index in [-0.39, 0.29) is 0 Å². The van der Waals surface area contributed by atoms with Crippen molar-refractivity contribution in [2.45, 2.75) is 6.54 Å². The Balaban J connectivity index is 1.96. The van der Waals surface area contributed by atoms with Crippen LogP contribution in [-0.2, 0) is 13.6 Å². The van der Waals surface area contributed by atoms with Crippen LogP contribution in [0.15, 0.2) is 35.6 Å². The van der Waals surface area contributed by atoms with Gasteiger partial charge in [-0.1, -0.05) is 0 Å². The van der Waals surface area contributed by atoms with Crippen molar-refractivity contribution in [2.75, 3.05) is 12.4 Å². The first-order chi connectivity index (χ1) is 9.19. The van der Waals surface area contributed by atoms with Gasteiger partial charge in [0.2, 0.25) is 0 Å². The molecule has 7 nitrogen and oxygen atoms in total. The maximum absolute atomic E-state index is 5.79. The maximum atomic E-state index is 5.79. The minimum absolute atomic E-state index is 0.327. The lowest BCUT2D eigenvalue weighted by atomic mass is 10.3. The summed E-state index contributed by atoms with van der Waals surface area (Å²) in [7, 11) is 3.48. The summed E-state index contributed by atoms with van der Waals surface area (Å²) >= 11 is 0. The Morgan fingerprint density at radius 2 is 2.16 bits per heavy atom. The summed E-state index contributed by atoms with van der Waals surface area (Å²) in [5.41, 5.74) is 6.64. The number of hydrogen-bond donors (Lipinski definition) is 2. The second-order valence-electron chi connectivity index (χ2n) is 3.91. The van der Waals surface area contributed by atoms with Crippen molar-refractivity contribution in [1.82, 2.24) is 14.8 Å². The molecule has 0 spiro atoms. The molecule has 19 heavy (non-hydrogen) atoms. The molecular formula is C12H16N6O. The Labute approximate surface area is 111 Å². The Kier molecular flexibility index (Phi) is 3.97. The van der Waals surface area contributed by atoms with Crippen molar-refractivity contribution in [2.24, 2.45) is 17.8 Å². The highest BCUT2D eigenvalue weighted by Crippen LogP contribution is 2.14. The normalized spacial score (nSPS) is 11.4. The molecule has 0 unspecified atom stereocenters. The number of aromatic nitrogens is 3. The average Bonchev–Trinajstić information content (AvgIpc) is 2.83. The number of aryl methyl sites for hydroxylation is 1. The van der Waals surface area contributed by atoms with Crippen LogP contribution in [0.2, 0.25) is 0 Å². The van der Waals surface area contributed by atoms with E-state index in [4.69, 9.17) is 10.5 Å². The van der Waals surface area contributed by atoms with E-state index in [1.165, 1.54) is 0 Å². The molecule has 1 heterocycles. The first-order valence-corrected chi connectivity index (χ1v) is 5.73. The SMILES string of the molecule is COc1ccc(NC(N)=NCc2nncn2C)cc1. The Hall–Kier alpha value is -2.57. The van der Waals surface area contributed by atoms with E-state index in [0.29, 0.717) is 12.5 Å². The van der Waals surface area contributed by atoms with Crippen LogP contribution < -0.4 is 15.8 Å². The van der Waals surface area contributed by atoms with Gasteiger partial charge in [0.25, 0.3) is 0 Å². The van der Waals surface area contributed by atoms with Crippen LogP contribution in [0.1, 0.15) is 5.82 Å². The van der Waals surface area contributed by atoms with Crippen molar-refractivity contribution < 1.29 is 4.74 Å². The Bertz CT molecular complexity index is 560. The molecular weight excluding hydrogens is 244 g/mol.